The fraction of sp³-hybridized carbons (Fsp3) is 0.600. The molecule has 100 valence electrons. The van der Waals surface area contributed by atoms with Crippen LogP contribution in [0.25, 0.3) is 0 Å². The summed E-state index contributed by atoms with van der Waals surface area (Å²) < 4.78 is 1.04. The van der Waals surface area contributed by atoms with E-state index in [0.29, 0.717) is 0 Å². The lowest BCUT2D eigenvalue weighted by Gasteiger charge is -2.39. The first-order valence-electron chi connectivity index (χ1n) is 6.69. The molecule has 2 unspecified atom stereocenters. The van der Waals surface area contributed by atoms with Crippen molar-refractivity contribution in [2.24, 2.45) is 17.1 Å². The van der Waals surface area contributed by atoms with E-state index >= 15 is 0 Å². The molecule has 0 bridgehead atoms. The molecule has 0 spiro atoms. The van der Waals surface area contributed by atoms with Crippen molar-refractivity contribution in [3.8, 4) is 0 Å². The predicted molar refractivity (Wildman–Crippen MR) is 82.0 cm³/mol. The molecule has 2 N–H and O–H groups in total. The maximum absolute atomic E-state index is 6.33. The molecule has 0 saturated heterocycles. The molecule has 0 amide bonds. The molecule has 0 radical (unpaired) electrons. The fourth-order valence-electron chi connectivity index (χ4n) is 3.26. The summed E-state index contributed by atoms with van der Waals surface area (Å²) in [5.74, 6) is 0.788. The highest BCUT2D eigenvalue weighted by Crippen LogP contribution is 2.42. The van der Waals surface area contributed by atoms with Crippen molar-refractivity contribution in [2.45, 2.75) is 39.0 Å². The Labute approximate surface area is 123 Å². The molecule has 1 aromatic carbocycles. The molecule has 1 aromatic rings. The van der Waals surface area contributed by atoms with Crippen molar-refractivity contribution < 1.29 is 0 Å². The van der Waals surface area contributed by atoms with Crippen molar-refractivity contribution in [1.82, 2.24) is 0 Å². The van der Waals surface area contributed by atoms with Crippen LogP contribution in [0.2, 0.25) is 5.02 Å². The van der Waals surface area contributed by atoms with Gasteiger partial charge in [0.05, 0.1) is 0 Å². The minimum atomic E-state index is 0.259. The van der Waals surface area contributed by atoms with Crippen LogP contribution < -0.4 is 5.73 Å². The first-order valence-corrected chi connectivity index (χ1v) is 7.86. The molecule has 2 rings (SSSR count). The lowest BCUT2D eigenvalue weighted by Crippen LogP contribution is -2.37. The molecule has 2 atom stereocenters. The van der Waals surface area contributed by atoms with E-state index in [9.17, 15) is 0 Å². The van der Waals surface area contributed by atoms with Gasteiger partial charge >= 0.3 is 0 Å². The Bertz CT molecular complexity index is 421. The summed E-state index contributed by atoms with van der Waals surface area (Å²) in [6.07, 6.45) is 6.12. The van der Waals surface area contributed by atoms with Crippen LogP contribution in [0.1, 0.15) is 38.2 Å². The smallest absolute Gasteiger partial charge is 0.0449 e. The fourth-order valence-corrected chi connectivity index (χ4v) is 4.00. The topological polar surface area (TPSA) is 26.0 Å². The third-order valence-electron chi connectivity index (χ3n) is 4.20. The van der Waals surface area contributed by atoms with E-state index < -0.39 is 0 Å². The van der Waals surface area contributed by atoms with Crippen molar-refractivity contribution in [1.29, 1.82) is 0 Å². The molecule has 1 aliphatic carbocycles. The summed E-state index contributed by atoms with van der Waals surface area (Å²) in [6.45, 7) is 3.11. The van der Waals surface area contributed by atoms with Gasteiger partial charge in [0, 0.05) is 9.50 Å². The second-order valence-electron chi connectivity index (χ2n) is 5.82. The number of benzene rings is 1. The van der Waals surface area contributed by atoms with E-state index in [1.165, 1.54) is 31.2 Å². The predicted octanol–water partition coefficient (Wildman–Crippen LogP) is 4.80. The number of halogens is 2. The van der Waals surface area contributed by atoms with Crippen LogP contribution >= 0.6 is 27.5 Å². The van der Waals surface area contributed by atoms with Gasteiger partial charge in [0.2, 0.25) is 0 Å². The molecule has 1 nitrogen and oxygen atoms in total. The van der Waals surface area contributed by atoms with E-state index in [2.05, 4.69) is 35.0 Å². The summed E-state index contributed by atoms with van der Waals surface area (Å²) >= 11 is 9.79. The highest BCUT2D eigenvalue weighted by molar-refractivity contribution is 9.10. The minimum Gasteiger partial charge on any atom is -0.330 e. The SMILES string of the molecule is CC1CCCC(CN)(Cc2ccc(Br)cc2Cl)C1. The van der Waals surface area contributed by atoms with E-state index in [1.807, 2.05) is 6.07 Å². The summed E-state index contributed by atoms with van der Waals surface area (Å²) in [4.78, 5) is 0. The standard InChI is InChI=1S/C15H21BrClN/c1-11-3-2-6-15(8-11,10-18)9-12-4-5-13(16)7-14(12)17/h4-5,7,11H,2-3,6,8-10,18H2,1H3. The van der Waals surface area contributed by atoms with E-state index in [1.54, 1.807) is 0 Å². The van der Waals surface area contributed by atoms with Crippen LogP contribution in [-0.2, 0) is 6.42 Å². The molecule has 1 saturated carbocycles. The summed E-state index contributed by atoms with van der Waals surface area (Å²) in [5, 5.41) is 0.857. The maximum Gasteiger partial charge on any atom is 0.0449 e. The molecule has 1 aliphatic rings. The number of hydrogen-bond donors (Lipinski definition) is 1. The van der Waals surface area contributed by atoms with Crippen molar-refractivity contribution in [2.75, 3.05) is 6.54 Å². The summed E-state index contributed by atoms with van der Waals surface area (Å²) in [5.41, 5.74) is 7.57. The zero-order chi connectivity index (χ0) is 13.2. The third kappa shape index (κ3) is 3.28. The largest absolute Gasteiger partial charge is 0.330 e. The zero-order valence-corrected chi connectivity index (χ0v) is 13.2. The van der Waals surface area contributed by atoms with Gasteiger partial charge in [0.1, 0.15) is 0 Å². The molecule has 0 aliphatic heterocycles. The van der Waals surface area contributed by atoms with Crippen molar-refractivity contribution in [3.05, 3.63) is 33.3 Å². The molecule has 0 heterocycles. The van der Waals surface area contributed by atoms with Crippen LogP contribution in [0.5, 0.6) is 0 Å². The Morgan fingerprint density at radius 3 is 2.89 bits per heavy atom. The quantitative estimate of drug-likeness (QED) is 0.846. The van der Waals surface area contributed by atoms with Gasteiger partial charge in [-0.25, -0.2) is 0 Å². The van der Waals surface area contributed by atoms with Gasteiger partial charge in [0.15, 0.2) is 0 Å². The van der Waals surface area contributed by atoms with Gasteiger partial charge in [-0.15, -0.1) is 0 Å². The molecule has 3 heteroatoms. The van der Waals surface area contributed by atoms with E-state index in [4.69, 9.17) is 17.3 Å². The maximum atomic E-state index is 6.33. The molecular weight excluding hydrogens is 310 g/mol. The van der Waals surface area contributed by atoms with Crippen LogP contribution in [0.15, 0.2) is 22.7 Å². The Morgan fingerprint density at radius 2 is 2.28 bits per heavy atom. The third-order valence-corrected chi connectivity index (χ3v) is 5.04. The number of hydrogen-bond acceptors (Lipinski definition) is 1. The van der Waals surface area contributed by atoms with Crippen molar-refractivity contribution in [3.63, 3.8) is 0 Å². The molecule has 18 heavy (non-hydrogen) atoms. The average molecular weight is 331 g/mol. The first-order chi connectivity index (χ1) is 8.54. The van der Waals surface area contributed by atoms with Crippen LogP contribution in [-0.4, -0.2) is 6.54 Å². The molecular formula is C15H21BrClN. The average Bonchev–Trinajstić information content (AvgIpc) is 2.33. The zero-order valence-electron chi connectivity index (χ0n) is 10.9. The van der Waals surface area contributed by atoms with Gasteiger partial charge in [-0.1, -0.05) is 53.4 Å². The summed E-state index contributed by atoms with van der Waals surface area (Å²) in [6, 6.07) is 6.17. The number of rotatable bonds is 3. The highest BCUT2D eigenvalue weighted by atomic mass is 79.9. The van der Waals surface area contributed by atoms with Crippen LogP contribution in [0, 0.1) is 11.3 Å². The van der Waals surface area contributed by atoms with Crippen molar-refractivity contribution >= 4 is 27.5 Å². The lowest BCUT2D eigenvalue weighted by atomic mass is 9.67. The Morgan fingerprint density at radius 1 is 1.50 bits per heavy atom. The normalized spacial score (nSPS) is 28.3. The van der Waals surface area contributed by atoms with Gasteiger partial charge in [0.25, 0.3) is 0 Å². The van der Waals surface area contributed by atoms with Crippen LogP contribution in [0.4, 0.5) is 0 Å². The Balaban J connectivity index is 2.19. The van der Waals surface area contributed by atoms with Gasteiger partial charge in [-0.05, 0) is 54.8 Å². The van der Waals surface area contributed by atoms with Gasteiger partial charge in [-0.2, -0.15) is 0 Å². The molecule has 0 aromatic heterocycles. The lowest BCUT2D eigenvalue weighted by molar-refractivity contribution is 0.154. The van der Waals surface area contributed by atoms with Crippen LogP contribution in [0.3, 0.4) is 0 Å². The van der Waals surface area contributed by atoms with Gasteiger partial charge in [-0.3, -0.25) is 0 Å². The highest BCUT2D eigenvalue weighted by Gasteiger charge is 2.34. The van der Waals surface area contributed by atoms with Gasteiger partial charge < -0.3 is 5.73 Å². The Hall–Kier alpha value is -0.0500. The second-order valence-corrected chi connectivity index (χ2v) is 7.14. The minimum absolute atomic E-state index is 0.259. The van der Waals surface area contributed by atoms with E-state index in [-0.39, 0.29) is 5.41 Å². The monoisotopic (exact) mass is 329 g/mol. The molecule has 1 fully saturated rings. The number of nitrogens with two attached hydrogens (primary N) is 1. The van der Waals surface area contributed by atoms with E-state index in [0.717, 1.165) is 28.4 Å². The first kappa shape index (κ1) is 14.4. The Kier molecular flexibility index (Phi) is 4.74. The second kappa shape index (κ2) is 5.94. The summed E-state index contributed by atoms with van der Waals surface area (Å²) in [7, 11) is 0.